The van der Waals surface area contributed by atoms with Gasteiger partial charge in [-0.1, -0.05) is 78.0 Å². The molecule has 0 aliphatic rings. The lowest BCUT2D eigenvalue weighted by atomic mass is 10.0. The zero-order valence-electron chi connectivity index (χ0n) is 13.6. The van der Waals surface area contributed by atoms with Gasteiger partial charge in [-0.05, 0) is 29.8 Å². The Kier molecular flexibility index (Phi) is 5.07. The van der Waals surface area contributed by atoms with Gasteiger partial charge in [-0.25, -0.2) is 4.98 Å². The number of rotatable bonds is 5. The molecular weight excluding hydrogens is 382 g/mol. The Morgan fingerprint density at radius 2 is 1.62 bits per heavy atom. The maximum atomic E-state index is 13.2. The Balaban J connectivity index is 1.72. The van der Waals surface area contributed by atoms with Crippen molar-refractivity contribution in [2.75, 3.05) is 0 Å². The molecule has 5 heteroatoms. The fourth-order valence-electron chi connectivity index (χ4n) is 2.67. The van der Waals surface area contributed by atoms with Crippen molar-refractivity contribution < 1.29 is 4.79 Å². The van der Waals surface area contributed by atoms with Crippen molar-refractivity contribution in [2.45, 2.75) is 9.59 Å². The van der Waals surface area contributed by atoms with Crippen LogP contribution in [0.1, 0.15) is 21.2 Å². The van der Waals surface area contributed by atoms with E-state index in [-0.39, 0.29) is 11.0 Å². The topological polar surface area (TPSA) is 30.0 Å². The van der Waals surface area contributed by atoms with Crippen LogP contribution < -0.4 is 0 Å². The predicted octanol–water partition coefficient (Wildman–Crippen LogP) is 6.67. The second-order valence-electron chi connectivity index (χ2n) is 5.73. The van der Waals surface area contributed by atoms with Gasteiger partial charge in [0.2, 0.25) is 0 Å². The number of ketones is 1. The smallest absolute Gasteiger partial charge is 0.180 e. The largest absolute Gasteiger partial charge is 0.293 e. The number of nitrogens with zero attached hydrogens (tertiary/aromatic N) is 1. The van der Waals surface area contributed by atoms with Crippen LogP contribution in [0.2, 0.25) is 5.02 Å². The van der Waals surface area contributed by atoms with E-state index in [2.05, 4.69) is 4.98 Å². The third-order valence-electron chi connectivity index (χ3n) is 3.96. The fourth-order valence-corrected chi connectivity index (χ4v) is 5.13. The number of fused-ring (bicyclic) bond motifs is 1. The van der Waals surface area contributed by atoms with E-state index < -0.39 is 0 Å². The minimum atomic E-state index is -0.366. The van der Waals surface area contributed by atoms with E-state index >= 15 is 0 Å². The summed E-state index contributed by atoms with van der Waals surface area (Å²) in [4.78, 5) is 17.8. The molecule has 0 saturated heterocycles. The highest BCUT2D eigenvalue weighted by molar-refractivity contribution is 8.02. The third-order valence-corrected chi connectivity index (χ3v) is 6.60. The molecule has 0 aliphatic heterocycles. The van der Waals surface area contributed by atoms with Crippen LogP contribution in [0.15, 0.2) is 83.2 Å². The van der Waals surface area contributed by atoms with E-state index in [1.807, 2.05) is 78.9 Å². The average Bonchev–Trinajstić information content (AvgIpc) is 3.10. The van der Waals surface area contributed by atoms with Crippen molar-refractivity contribution in [3.8, 4) is 0 Å². The van der Waals surface area contributed by atoms with Gasteiger partial charge in [0.05, 0.1) is 15.5 Å². The van der Waals surface area contributed by atoms with Crippen LogP contribution in [0, 0.1) is 0 Å². The number of carbonyl (C=O) groups is 1. The molecule has 1 atom stereocenters. The summed E-state index contributed by atoms with van der Waals surface area (Å²) in [5.41, 5.74) is 2.58. The monoisotopic (exact) mass is 395 g/mol. The minimum Gasteiger partial charge on any atom is -0.293 e. The van der Waals surface area contributed by atoms with Crippen LogP contribution in [0.5, 0.6) is 0 Å². The molecule has 0 aliphatic carbocycles. The second kappa shape index (κ2) is 7.62. The third kappa shape index (κ3) is 3.68. The van der Waals surface area contributed by atoms with Crippen LogP contribution in [-0.2, 0) is 0 Å². The van der Waals surface area contributed by atoms with Gasteiger partial charge in [-0.15, -0.1) is 11.3 Å². The molecule has 128 valence electrons. The van der Waals surface area contributed by atoms with Gasteiger partial charge in [0, 0.05) is 10.6 Å². The minimum absolute atomic E-state index is 0.0668. The van der Waals surface area contributed by atoms with Crippen LogP contribution in [0.25, 0.3) is 10.2 Å². The first-order valence-electron chi connectivity index (χ1n) is 8.08. The highest BCUT2D eigenvalue weighted by atomic mass is 35.5. The molecule has 1 aromatic heterocycles. The number of halogens is 1. The zero-order chi connectivity index (χ0) is 17.9. The van der Waals surface area contributed by atoms with Crippen molar-refractivity contribution in [2.24, 2.45) is 0 Å². The van der Waals surface area contributed by atoms with Gasteiger partial charge >= 0.3 is 0 Å². The van der Waals surface area contributed by atoms with Crippen molar-refractivity contribution in [1.82, 2.24) is 4.98 Å². The molecule has 3 aromatic carbocycles. The molecule has 0 spiro atoms. The summed E-state index contributed by atoms with van der Waals surface area (Å²) in [6, 6.07) is 24.9. The fraction of sp³-hybridized carbons (Fsp3) is 0.0476. The maximum absolute atomic E-state index is 13.2. The molecule has 0 saturated carbocycles. The Hall–Kier alpha value is -2.14. The van der Waals surface area contributed by atoms with Crippen molar-refractivity contribution in [3.63, 3.8) is 0 Å². The summed E-state index contributed by atoms with van der Waals surface area (Å²) in [7, 11) is 0. The lowest BCUT2D eigenvalue weighted by Gasteiger charge is -2.15. The molecule has 26 heavy (non-hydrogen) atoms. The van der Waals surface area contributed by atoms with E-state index in [0.29, 0.717) is 10.6 Å². The number of aromatic nitrogens is 1. The summed E-state index contributed by atoms with van der Waals surface area (Å²) in [5, 5.41) is 0.292. The molecule has 4 rings (SSSR count). The molecule has 0 bridgehead atoms. The van der Waals surface area contributed by atoms with Gasteiger partial charge in [0.25, 0.3) is 0 Å². The van der Waals surface area contributed by atoms with Crippen molar-refractivity contribution in [3.05, 3.63) is 95.0 Å². The average molecular weight is 396 g/mol. The summed E-state index contributed by atoms with van der Waals surface area (Å²) in [6.07, 6.45) is 0. The summed E-state index contributed by atoms with van der Waals surface area (Å²) >= 11 is 9.13. The quantitative estimate of drug-likeness (QED) is 0.279. The van der Waals surface area contributed by atoms with E-state index in [1.54, 1.807) is 11.3 Å². The molecule has 0 unspecified atom stereocenters. The van der Waals surface area contributed by atoms with Gasteiger partial charge < -0.3 is 0 Å². The highest BCUT2D eigenvalue weighted by Gasteiger charge is 2.25. The van der Waals surface area contributed by atoms with Crippen molar-refractivity contribution >= 4 is 50.7 Å². The van der Waals surface area contributed by atoms with Gasteiger partial charge in [-0.3, -0.25) is 4.79 Å². The Morgan fingerprint density at radius 3 is 2.35 bits per heavy atom. The number of benzene rings is 3. The second-order valence-corrected chi connectivity index (χ2v) is 8.55. The molecule has 0 amide bonds. The normalized spacial score (nSPS) is 12.2. The Labute approximate surface area is 164 Å². The van der Waals surface area contributed by atoms with Crippen LogP contribution in [-0.4, -0.2) is 10.8 Å². The Morgan fingerprint density at radius 1 is 0.923 bits per heavy atom. The summed E-state index contributed by atoms with van der Waals surface area (Å²) < 4.78 is 2.01. The number of carbonyl (C=O) groups excluding carboxylic acids is 1. The maximum Gasteiger partial charge on any atom is 0.180 e. The van der Waals surface area contributed by atoms with E-state index in [4.69, 9.17) is 11.6 Å². The molecule has 0 radical (unpaired) electrons. The van der Waals surface area contributed by atoms with E-state index in [9.17, 15) is 4.79 Å². The first-order chi connectivity index (χ1) is 12.7. The van der Waals surface area contributed by atoms with Gasteiger partial charge in [0.15, 0.2) is 10.1 Å². The molecule has 2 nitrogen and oxygen atoms in total. The zero-order valence-corrected chi connectivity index (χ0v) is 16.0. The summed E-state index contributed by atoms with van der Waals surface area (Å²) in [5.74, 6) is 0.0668. The molecule has 0 N–H and O–H groups in total. The number of Topliss-reactive ketones (excluding diaryl/α,β-unsaturated/α-hetero) is 1. The standard InChI is InChI=1S/C21H14ClNOS2/c22-16-12-10-15(11-13-16)20(19(24)14-6-2-1-3-7-14)26-21-23-17-8-4-5-9-18(17)25-21/h1-13,20H/t20-/m1/s1. The van der Waals surface area contributed by atoms with Gasteiger partial charge in [0.1, 0.15) is 0 Å². The number of hydrogen-bond acceptors (Lipinski definition) is 4. The predicted molar refractivity (Wildman–Crippen MR) is 110 cm³/mol. The van der Waals surface area contributed by atoms with E-state index in [0.717, 1.165) is 20.1 Å². The SMILES string of the molecule is O=C(c1ccccc1)[C@H](Sc1nc2ccccc2s1)c1ccc(Cl)cc1. The van der Waals surface area contributed by atoms with Crippen LogP contribution in [0.3, 0.4) is 0 Å². The summed E-state index contributed by atoms with van der Waals surface area (Å²) in [6.45, 7) is 0. The first-order valence-corrected chi connectivity index (χ1v) is 10.1. The van der Waals surface area contributed by atoms with Crippen LogP contribution in [0.4, 0.5) is 0 Å². The Bertz CT molecular complexity index is 1010. The van der Waals surface area contributed by atoms with Crippen LogP contribution >= 0.6 is 34.7 Å². The van der Waals surface area contributed by atoms with Crippen molar-refractivity contribution in [1.29, 1.82) is 0 Å². The molecule has 0 fully saturated rings. The molecule has 4 aromatic rings. The first kappa shape index (κ1) is 17.3. The number of para-hydroxylation sites is 1. The number of thiazole rings is 1. The number of thioether (sulfide) groups is 1. The number of hydrogen-bond donors (Lipinski definition) is 0. The van der Waals surface area contributed by atoms with Gasteiger partial charge in [-0.2, -0.15) is 0 Å². The molecular formula is C21H14ClNOS2. The lowest BCUT2D eigenvalue weighted by Crippen LogP contribution is -2.09. The lowest BCUT2D eigenvalue weighted by molar-refractivity contribution is 0.0989. The molecule has 1 heterocycles. The van der Waals surface area contributed by atoms with E-state index in [1.165, 1.54) is 11.8 Å². The highest BCUT2D eigenvalue weighted by Crippen LogP contribution is 2.41.